The van der Waals surface area contributed by atoms with E-state index in [1.54, 1.807) is 12.5 Å². The Morgan fingerprint density at radius 2 is 2.23 bits per heavy atom. The number of allylic oxidation sites excluding steroid dienone is 3. The molecule has 0 aliphatic heterocycles. The second-order valence-electron chi connectivity index (χ2n) is 6.91. The van der Waals surface area contributed by atoms with Crippen molar-refractivity contribution in [1.29, 1.82) is 0 Å². The molecular weight excluding hydrogens is 344 g/mol. The highest BCUT2D eigenvalue weighted by Crippen LogP contribution is 2.36. The van der Waals surface area contributed by atoms with E-state index in [1.807, 2.05) is 35.7 Å². The van der Waals surface area contributed by atoms with Gasteiger partial charge in [0.2, 0.25) is 0 Å². The Morgan fingerprint density at radius 3 is 3.00 bits per heavy atom. The molecule has 26 heavy (non-hydrogen) atoms. The monoisotopic (exact) mass is 366 g/mol. The van der Waals surface area contributed by atoms with Crippen molar-refractivity contribution in [3.05, 3.63) is 53.2 Å². The highest BCUT2D eigenvalue weighted by atomic mass is 32.1. The molecule has 5 nitrogen and oxygen atoms in total. The van der Waals surface area contributed by atoms with Gasteiger partial charge in [0.05, 0.1) is 22.9 Å². The number of aromatic nitrogens is 3. The molecule has 1 atom stereocenters. The normalized spacial score (nSPS) is 17.9. The Hall–Kier alpha value is -2.47. The van der Waals surface area contributed by atoms with Crippen LogP contribution in [0.2, 0.25) is 0 Å². The Kier molecular flexibility index (Phi) is 4.36. The van der Waals surface area contributed by atoms with Crippen LogP contribution >= 0.6 is 11.3 Å². The minimum Gasteiger partial charge on any atom is -0.377 e. The van der Waals surface area contributed by atoms with Crippen LogP contribution in [0.1, 0.15) is 31.7 Å². The van der Waals surface area contributed by atoms with E-state index in [0.29, 0.717) is 4.70 Å². The van der Waals surface area contributed by atoms with E-state index >= 15 is 0 Å². The van der Waals surface area contributed by atoms with E-state index in [9.17, 15) is 4.79 Å². The van der Waals surface area contributed by atoms with Crippen LogP contribution in [-0.4, -0.2) is 28.6 Å². The third kappa shape index (κ3) is 2.74. The van der Waals surface area contributed by atoms with Crippen LogP contribution in [0.25, 0.3) is 20.4 Å². The molecule has 0 bridgehead atoms. The van der Waals surface area contributed by atoms with Gasteiger partial charge in [-0.1, -0.05) is 24.3 Å². The first-order valence-electron chi connectivity index (χ1n) is 8.87. The SMILES string of the molecule is C=CC1=CCCCC(n2cnc3c(sc4nccc(N(C)C)c43)c2=O)C1. The second kappa shape index (κ2) is 6.68. The predicted molar refractivity (Wildman–Crippen MR) is 109 cm³/mol. The summed E-state index contributed by atoms with van der Waals surface area (Å²) in [5.74, 6) is 0. The number of thiophene rings is 1. The first-order chi connectivity index (χ1) is 12.6. The fraction of sp³-hybridized carbons (Fsp3) is 0.350. The molecule has 0 saturated heterocycles. The summed E-state index contributed by atoms with van der Waals surface area (Å²) in [5, 5.41) is 0.967. The number of fused-ring (bicyclic) bond motifs is 3. The maximum absolute atomic E-state index is 13.2. The second-order valence-corrected chi connectivity index (χ2v) is 7.91. The molecule has 0 aromatic carbocycles. The molecule has 134 valence electrons. The molecular formula is C20H22N4OS. The molecule has 0 spiro atoms. The smallest absolute Gasteiger partial charge is 0.271 e. The van der Waals surface area contributed by atoms with Crippen LogP contribution in [-0.2, 0) is 0 Å². The van der Waals surface area contributed by atoms with Gasteiger partial charge in [-0.05, 0) is 31.7 Å². The van der Waals surface area contributed by atoms with Crippen LogP contribution in [0.3, 0.4) is 0 Å². The van der Waals surface area contributed by atoms with Crippen molar-refractivity contribution in [1.82, 2.24) is 14.5 Å². The van der Waals surface area contributed by atoms with Gasteiger partial charge >= 0.3 is 0 Å². The summed E-state index contributed by atoms with van der Waals surface area (Å²) < 4.78 is 2.51. The summed E-state index contributed by atoms with van der Waals surface area (Å²) >= 11 is 1.44. The summed E-state index contributed by atoms with van der Waals surface area (Å²) in [6, 6.07) is 2.10. The van der Waals surface area contributed by atoms with Gasteiger partial charge in [0.25, 0.3) is 5.56 Å². The lowest BCUT2D eigenvalue weighted by Gasteiger charge is -2.18. The maximum atomic E-state index is 13.2. The van der Waals surface area contributed by atoms with E-state index in [-0.39, 0.29) is 11.6 Å². The standard InChI is InChI=1S/C20H22N4OS/c1-4-13-7-5-6-8-14(11-13)24-12-22-17-16-15(23(2)3)9-10-21-19(16)26-18(17)20(24)25/h4,7,9-10,12,14H,1,5-6,8,11H2,2-3H3. The molecule has 0 amide bonds. The lowest BCUT2D eigenvalue weighted by molar-refractivity contribution is 0.448. The van der Waals surface area contributed by atoms with Crippen molar-refractivity contribution in [3.63, 3.8) is 0 Å². The third-order valence-corrected chi connectivity index (χ3v) is 6.12. The van der Waals surface area contributed by atoms with Crippen LogP contribution in [0.15, 0.2) is 47.7 Å². The molecule has 4 rings (SSSR count). The zero-order valence-electron chi connectivity index (χ0n) is 15.1. The van der Waals surface area contributed by atoms with Crippen molar-refractivity contribution in [2.75, 3.05) is 19.0 Å². The highest BCUT2D eigenvalue weighted by molar-refractivity contribution is 7.25. The zero-order chi connectivity index (χ0) is 18.3. The Morgan fingerprint density at radius 1 is 1.38 bits per heavy atom. The first-order valence-corrected chi connectivity index (χ1v) is 9.69. The van der Waals surface area contributed by atoms with Gasteiger partial charge in [-0.2, -0.15) is 0 Å². The highest BCUT2D eigenvalue weighted by Gasteiger charge is 2.21. The molecule has 0 radical (unpaired) electrons. The summed E-state index contributed by atoms with van der Waals surface area (Å²) in [4.78, 5) is 25.3. The van der Waals surface area contributed by atoms with Crippen molar-refractivity contribution >= 4 is 37.5 Å². The lowest BCUT2D eigenvalue weighted by Crippen LogP contribution is -2.24. The summed E-state index contributed by atoms with van der Waals surface area (Å²) in [5.41, 5.74) is 3.05. The van der Waals surface area contributed by atoms with Gasteiger partial charge in [-0.3, -0.25) is 9.36 Å². The van der Waals surface area contributed by atoms with E-state index in [4.69, 9.17) is 4.98 Å². The fourth-order valence-electron chi connectivity index (χ4n) is 3.68. The number of rotatable bonds is 3. The summed E-state index contributed by atoms with van der Waals surface area (Å²) in [6.45, 7) is 3.90. The van der Waals surface area contributed by atoms with Crippen LogP contribution in [0.4, 0.5) is 5.69 Å². The summed E-state index contributed by atoms with van der Waals surface area (Å²) in [7, 11) is 3.99. The molecule has 3 aromatic rings. The molecule has 1 unspecified atom stereocenters. The number of hydrogen-bond acceptors (Lipinski definition) is 5. The van der Waals surface area contributed by atoms with Gasteiger partial charge in [0.1, 0.15) is 9.53 Å². The number of nitrogens with zero attached hydrogens (tertiary/aromatic N) is 4. The van der Waals surface area contributed by atoms with Gasteiger partial charge in [0, 0.05) is 26.3 Å². The van der Waals surface area contributed by atoms with Crippen LogP contribution in [0, 0.1) is 0 Å². The van der Waals surface area contributed by atoms with Crippen molar-refractivity contribution in [2.45, 2.75) is 31.7 Å². The molecule has 1 aliphatic carbocycles. The van der Waals surface area contributed by atoms with E-state index < -0.39 is 0 Å². The van der Waals surface area contributed by atoms with Gasteiger partial charge in [-0.15, -0.1) is 11.3 Å². The Labute approximate surface area is 156 Å². The van der Waals surface area contributed by atoms with E-state index in [2.05, 4.69) is 17.6 Å². The largest absolute Gasteiger partial charge is 0.377 e. The number of pyridine rings is 1. The van der Waals surface area contributed by atoms with Crippen molar-refractivity contribution < 1.29 is 0 Å². The van der Waals surface area contributed by atoms with Crippen LogP contribution in [0.5, 0.6) is 0 Å². The topological polar surface area (TPSA) is 51.0 Å². The molecule has 0 fully saturated rings. The molecule has 3 heterocycles. The molecule has 3 aromatic heterocycles. The first kappa shape index (κ1) is 17.0. The number of anilines is 1. The lowest BCUT2D eigenvalue weighted by atomic mass is 10.1. The minimum absolute atomic E-state index is 0.0398. The molecule has 1 aliphatic rings. The van der Waals surface area contributed by atoms with E-state index in [1.165, 1.54) is 16.9 Å². The fourth-order valence-corrected chi connectivity index (χ4v) is 4.74. The minimum atomic E-state index is 0.0398. The molecule has 6 heteroatoms. The summed E-state index contributed by atoms with van der Waals surface area (Å²) in [6.07, 6.45) is 11.6. The van der Waals surface area contributed by atoms with Gasteiger partial charge < -0.3 is 4.90 Å². The van der Waals surface area contributed by atoms with Crippen LogP contribution < -0.4 is 10.5 Å². The van der Waals surface area contributed by atoms with E-state index in [0.717, 1.165) is 47.1 Å². The predicted octanol–water partition coefficient (Wildman–Crippen LogP) is 4.30. The molecule has 0 N–H and O–H groups in total. The Balaban J connectivity index is 1.89. The maximum Gasteiger partial charge on any atom is 0.271 e. The quantitative estimate of drug-likeness (QED) is 0.693. The van der Waals surface area contributed by atoms with Crippen molar-refractivity contribution in [2.24, 2.45) is 0 Å². The van der Waals surface area contributed by atoms with Gasteiger partial charge in [-0.25, -0.2) is 9.97 Å². The average molecular weight is 366 g/mol. The Bertz CT molecular complexity index is 1080. The van der Waals surface area contributed by atoms with Crippen molar-refractivity contribution in [3.8, 4) is 0 Å². The van der Waals surface area contributed by atoms with Gasteiger partial charge in [0.15, 0.2) is 0 Å². The average Bonchev–Trinajstić information content (AvgIpc) is 2.86. The number of hydrogen-bond donors (Lipinski definition) is 0. The third-order valence-electron chi connectivity index (χ3n) is 5.04. The molecule has 0 saturated carbocycles. The zero-order valence-corrected chi connectivity index (χ0v) is 15.9.